The van der Waals surface area contributed by atoms with Crippen LogP contribution in [0.1, 0.15) is 19.5 Å². The fourth-order valence-electron chi connectivity index (χ4n) is 2.00. The van der Waals surface area contributed by atoms with Crippen molar-refractivity contribution < 1.29 is 4.74 Å². The summed E-state index contributed by atoms with van der Waals surface area (Å²) in [6.45, 7) is 5.04. The summed E-state index contributed by atoms with van der Waals surface area (Å²) < 4.78 is 5.19. The third kappa shape index (κ3) is 4.20. The molecule has 0 aliphatic carbocycles. The summed E-state index contributed by atoms with van der Waals surface area (Å²) in [5, 5.41) is 3.39. The van der Waals surface area contributed by atoms with Gasteiger partial charge in [0.1, 0.15) is 11.6 Å². The van der Waals surface area contributed by atoms with Crippen molar-refractivity contribution in [3.8, 4) is 5.75 Å². The SMILES string of the molecule is COc1ccc(N(C)c2cccc(CNC(C)C)n2)cc1. The first-order valence-corrected chi connectivity index (χ1v) is 7.17. The second-order valence-corrected chi connectivity index (χ2v) is 5.28. The van der Waals surface area contributed by atoms with Gasteiger partial charge in [0.25, 0.3) is 0 Å². The monoisotopic (exact) mass is 285 g/mol. The molecule has 0 unspecified atom stereocenters. The molecular formula is C17H23N3O. The lowest BCUT2D eigenvalue weighted by molar-refractivity contribution is 0.415. The Hall–Kier alpha value is -2.07. The number of methoxy groups -OCH3 is 1. The number of ether oxygens (including phenoxy) is 1. The number of anilines is 2. The van der Waals surface area contributed by atoms with Crippen LogP contribution in [-0.4, -0.2) is 25.2 Å². The Morgan fingerprint density at radius 2 is 1.86 bits per heavy atom. The molecule has 0 aliphatic heterocycles. The van der Waals surface area contributed by atoms with Gasteiger partial charge in [0.05, 0.1) is 12.8 Å². The number of nitrogens with zero attached hydrogens (tertiary/aromatic N) is 2. The predicted molar refractivity (Wildman–Crippen MR) is 87.3 cm³/mol. The van der Waals surface area contributed by atoms with Gasteiger partial charge in [-0.3, -0.25) is 0 Å². The average Bonchev–Trinajstić information content (AvgIpc) is 2.52. The van der Waals surface area contributed by atoms with Gasteiger partial charge >= 0.3 is 0 Å². The van der Waals surface area contributed by atoms with Crippen LogP contribution in [0.25, 0.3) is 0 Å². The van der Waals surface area contributed by atoms with Crippen molar-refractivity contribution in [1.29, 1.82) is 0 Å². The fourth-order valence-corrected chi connectivity index (χ4v) is 2.00. The number of aromatic nitrogens is 1. The third-order valence-electron chi connectivity index (χ3n) is 3.29. The molecule has 0 radical (unpaired) electrons. The Morgan fingerprint density at radius 1 is 1.14 bits per heavy atom. The summed E-state index contributed by atoms with van der Waals surface area (Å²) in [5.41, 5.74) is 2.12. The van der Waals surface area contributed by atoms with Crippen LogP contribution in [0, 0.1) is 0 Å². The molecule has 0 aliphatic rings. The molecule has 112 valence electrons. The Kier molecular flexibility index (Phi) is 5.17. The highest BCUT2D eigenvalue weighted by molar-refractivity contribution is 5.60. The van der Waals surface area contributed by atoms with Crippen molar-refractivity contribution in [2.24, 2.45) is 0 Å². The van der Waals surface area contributed by atoms with Gasteiger partial charge in [-0.25, -0.2) is 4.98 Å². The maximum Gasteiger partial charge on any atom is 0.133 e. The third-order valence-corrected chi connectivity index (χ3v) is 3.29. The zero-order valence-corrected chi connectivity index (χ0v) is 13.1. The van der Waals surface area contributed by atoms with Crippen LogP contribution in [0.3, 0.4) is 0 Å². The average molecular weight is 285 g/mol. The first-order chi connectivity index (χ1) is 10.1. The topological polar surface area (TPSA) is 37.4 Å². The van der Waals surface area contributed by atoms with Gasteiger partial charge in [-0.2, -0.15) is 0 Å². The molecule has 0 atom stereocenters. The Labute approximate surface area is 126 Å². The summed E-state index contributed by atoms with van der Waals surface area (Å²) in [6, 6.07) is 14.5. The van der Waals surface area contributed by atoms with E-state index in [4.69, 9.17) is 9.72 Å². The van der Waals surface area contributed by atoms with Gasteiger partial charge < -0.3 is 15.0 Å². The molecule has 1 N–H and O–H groups in total. The molecule has 1 aromatic heterocycles. The maximum absolute atomic E-state index is 5.19. The molecule has 0 saturated carbocycles. The summed E-state index contributed by atoms with van der Waals surface area (Å²) in [5.74, 6) is 1.79. The highest BCUT2D eigenvalue weighted by Crippen LogP contribution is 2.24. The lowest BCUT2D eigenvalue weighted by Crippen LogP contribution is -2.22. The van der Waals surface area contributed by atoms with Crippen molar-refractivity contribution in [1.82, 2.24) is 10.3 Å². The predicted octanol–water partition coefficient (Wildman–Crippen LogP) is 3.36. The second kappa shape index (κ2) is 7.09. The lowest BCUT2D eigenvalue weighted by Gasteiger charge is -2.19. The normalized spacial score (nSPS) is 10.7. The van der Waals surface area contributed by atoms with Crippen LogP contribution in [0.4, 0.5) is 11.5 Å². The molecule has 1 aromatic carbocycles. The van der Waals surface area contributed by atoms with E-state index < -0.39 is 0 Å². The Balaban J connectivity index is 2.14. The standard InChI is InChI=1S/C17H23N3O/c1-13(2)18-12-14-6-5-7-17(19-14)20(3)15-8-10-16(21-4)11-9-15/h5-11,13,18H,12H2,1-4H3. The van der Waals surface area contributed by atoms with Crippen LogP contribution in [-0.2, 0) is 6.54 Å². The van der Waals surface area contributed by atoms with E-state index in [1.54, 1.807) is 7.11 Å². The van der Waals surface area contributed by atoms with Crippen LogP contribution < -0.4 is 15.0 Å². The number of nitrogens with one attached hydrogen (secondary N) is 1. The van der Waals surface area contributed by atoms with E-state index in [1.807, 2.05) is 49.5 Å². The van der Waals surface area contributed by atoms with Crippen LogP contribution >= 0.6 is 0 Å². The zero-order valence-electron chi connectivity index (χ0n) is 13.1. The van der Waals surface area contributed by atoms with E-state index in [0.29, 0.717) is 6.04 Å². The molecule has 1 heterocycles. The Morgan fingerprint density at radius 3 is 2.48 bits per heavy atom. The molecule has 0 saturated heterocycles. The van der Waals surface area contributed by atoms with E-state index in [2.05, 4.69) is 24.1 Å². The number of hydrogen-bond donors (Lipinski definition) is 1. The van der Waals surface area contributed by atoms with E-state index in [1.165, 1.54) is 0 Å². The van der Waals surface area contributed by atoms with Gasteiger partial charge in [-0.15, -0.1) is 0 Å². The van der Waals surface area contributed by atoms with E-state index >= 15 is 0 Å². The molecular weight excluding hydrogens is 262 g/mol. The second-order valence-electron chi connectivity index (χ2n) is 5.28. The largest absolute Gasteiger partial charge is 0.497 e. The smallest absolute Gasteiger partial charge is 0.133 e. The number of hydrogen-bond acceptors (Lipinski definition) is 4. The van der Waals surface area contributed by atoms with Crippen LogP contribution in [0.2, 0.25) is 0 Å². The first-order valence-electron chi connectivity index (χ1n) is 7.17. The van der Waals surface area contributed by atoms with Crippen LogP contribution in [0.5, 0.6) is 5.75 Å². The van der Waals surface area contributed by atoms with E-state index in [-0.39, 0.29) is 0 Å². The molecule has 0 bridgehead atoms. The van der Waals surface area contributed by atoms with Crippen molar-refractivity contribution >= 4 is 11.5 Å². The van der Waals surface area contributed by atoms with Crippen molar-refractivity contribution in [2.45, 2.75) is 26.4 Å². The molecule has 21 heavy (non-hydrogen) atoms. The van der Waals surface area contributed by atoms with Gasteiger partial charge in [-0.05, 0) is 36.4 Å². The highest BCUT2D eigenvalue weighted by Gasteiger charge is 2.06. The summed E-state index contributed by atoms with van der Waals surface area (Å²) >= 11 is 0. The fraction of sp³-hybridized carbons (Fsp3) is 0.353. The van der Waals surface area contributed by atoms with E-state index in [0.717, 1.165) is 29.5 Å². The lowest BCUT2D eigenvalue weighted by atomic mass is 10.2. The quantitative estimate of drug-likeness (QED) is 0.883. The minimum absolute atomic E-state index is 0.453. The van der Waals surface area contributed by atoms with E-state index in [9.17, 15) is 0 Å². The minimum Gasteiger partial charge on any atom is -0.497 e. The maximum atomic E-state index is 5.19. The zero-order chi connectivity index (χ0) is 15.2. The van der Waals surface area contributed by atoms with Crippen molar-refractivity contribution in [3.63, 3.8) is 0 Å². The highest BCUT2D eigenvalue weighted by atomic mass is 16.5. The van der Waals surface area contributed by atoms with Crippen LogP contribution in [0.15, 0.2) is 42.5 Å². The Bertz CT molecular complexity index is 567. The molecule has 0 fully saturated rings. The molecule has 4 nitrogen and oxygen atoms in total. The van der Waals surface area contributed by atoms with Gasteiger partial charge in [0.15, 0.2) is 0 Å². The summed E-state index contributed by atoms with van der Waals surface area (Å²) in [4.78, 5) is 6.76. The molecule has 2 rings (SSSR count). The number of benzene rings is 1. The van der Waals surface area contributed by atoms with Crippen molar-refractivity contribution in [3.05, 3.63) is 48.2 Å². The molecule has 0 spiro atoms. The van der Waals surface area contributed by atoms with Gasteiger partial charge in [0, 0.05) is 25.3 Å². The van der Waals surface area contributed by atoms with Gasteiger partial charge in [0.2, 0.25) is 0 Å². The van der Waals surface area contributed by atoms with Crippen molar-refractivity contribution in [2.75, 3.05) is 19.1 Å². The summed E-state index contributed by atoms with van der Waals surface area (Å²) in [6.07, 6.45) is 0. The van der Waals surface area contributed by atoms with Gasteiger partial charge in [-0.1, -0.05) is 19.9 Å². The molecule has 2 aromatic rings. The first kappa shape index (κ1) is 15.3. The molecule has 0 amide bonds. The minimum atomic E-state index is 0.453. The summed E-state index contributed by atoms with van der Waals surface area (Å²) in [7, 11) is 3.69. The molecule has 4 heteroatoms. The number of pyridine rings is 1. The number of rotatable bonds is 6.